The normalized spacial score (nSPS) is 29.8. The number of hydrogen-bond donors (Lipinski definition) is 3. The molecule has 3 fully saturated rings. The zero-order valence-corrected chi connectivity index (χ0v) is 30.6. The molecule has 2 aromatic heterocycles. The van der Waals surface area contributed by atoms with Crippen molar-refractivity contribution in [3.05, 3.63) is 113 Å². The van der Waals surface area contributed by atoms with Gasteiger partial charge in [0.05, 0.1) is 29.9 Å². The number of nitrogens with one attached hydrogen (secondary N) is 2. The lowest BCUT2D eigenvalue weighted by Gasteiger charge is -2.60. The number of nitrogens with zero attached hydrogens (tertiary/aromatic N) is 2. The third-order valence-electron chi connectivity index (χ3n) is 13.1. The molecule has 10 nitrogen and oxygen atoms in total. The van der Waals surface area contributed by atoms with Crippen LogP contribution in [0.4, 0.5) is 0 Å². The number of aromatic nitrogens is 2. The molecule has 0 saturated heterocycles. The fourth-order valence-corrected chi connectivity index (χ4v) is 10.6. The minimum absolute atomic E-state index is 0.0380. The van der Waals surface area contributed by atoms with Gasteiger partial charge in [-0.15, -0.1) is 0 Å². The molecule has 2 aromatic carbocycles. The summed E-state index contributed by atoms with van der Waals surface area (Å²) in [6, 6.07) is 20.6. The van der Waals surface area contributed by atoms with Crippen molar-refractivity contribution in [2.45, 2.75) is 84.0 Å². The molecule has 2 heterocycles. The Morgan fingerprint density at radius 3 is 2.64 bits per heavy atom. The largest absolute Gasteiger partial charge is 0.457 e. The fourth-order valence-electron chi connectivity index (χ4n) is 10.6. The van der Waals surface area contributed by atoms with Gasteiger partial charge in [-0.1, -0.05) is 62.7 Å². The first kappa shape index (κ1) is 35.1. The van der Waals surface area contributed by atoms with Gasteiger partial charge >= 0.3 is 5.97 Å². The highest BCUT2D eigenvalue weighted by molar-refractivity contribution is 5.95. The van der Waals surface area contributed by atoms with Crippen LogP contribution in [-0.2, 0) is 22.5 Å². The van der Waals surface area contributed by atoms with E-state index < -0.39 is 23.1 Å². The predicted molar refractivity (Wildman–Crippen MR) is 199 cm³/mol. The zero-order chi connectivity index (χ0) is 37.0. The Morgan fingerprint density at radius 1 is 1.04 bits per heavy atom. The van der Waals surface area contributed by atoms with Crippen LogP contribution in [0.1, 0.15) is 97.0 Å². The van der Waals surface area contributed by atoms with E-state index in [-0.39, 0.29) is 40.7 Å². The van der Waals surface area contributed by atoms with Gasteiger partial charge in [-0.05, 0) is 116 Å². The summed E-state index contributed by atoms with van der Waals surface area (Å²) in [5.74, 6) is -0.855. The maximum absolute atomic E-state index is 14.1. The number of benzene rings is 2. The number of ether oxygens (including phenoxy) is 1. The van der Waals surface area contributed by atoms with E-state index in [9.17, 15) is 19.5 Å². The topological polar surface area (TPSA) is 136 Å². The van der Waals surface area contributed by atoms with Crippen molar-refractivity contribution in [1.82, 2.24) is 20.4 Å². The van der Waals surface area contributed by atoms with Crippen molar-refractivity contribution < 1.29 is 28.6 Å². The standard InChI is InChI=1S/C43H48N4O6/c1-4-19-44-40(51)43(53-39(50)36-14-9-20-52-36)18-17-33-32-16-15-30-22-34-29(23-41(30,2)37(32)35(48)24-42(33,43)3)26-46-47(34)31-13-8-12-28(21-31)38(49)45-25-27-10-6-5-7-11-27/h5-14,20-22,26,32-33,35,37,48H,4,15-19,23-25H2,1-3H3,(H,44,51)(H,45,49)/t32?,33?,35?,37?,41-,42-,43-/m0/s1. The summed E-state index contributed by atoms with van der Waals surface area (Å²) in [4.78, 5) is 40.7. The number of fused-ring (bicyclic) bond motifs is 6. The van der Waals surface area contributed by atoms with Gasteiger partial charge in [-0.2, -0.15) is 5.10 Å². The van der Waals surface area contributed by atoms with E-state index in [1.807, 2.05) is 72.4 Å². The van der Waals surface area contributed by atoms with Crippen molar-refractivity contribution in [2.24, 2.45) is 28.6 Å². The minimum Gasteiger partial charge on any atom is -0.457 e. The van der Waals surface area contributed by atoms with Crippen molar-refractivity contribution in [3.8, 4) is 5.69 Å². The van der Waals surface area contributed by atoms with Crippen molar-refractivity contribution in [3.63, 3.8) is 0 Å². The molecule has 8 rings (SSSR count). The Labute approximate surface area is 310 Å². The molecule has 4 unspecified atom stereocenters. The maximum atomic E-state index is 14.1. The second kappa shape index (κ2) is 13.5. The molecule has 10 heteroatoms. The summed E-state index contributed by atoms with van der Waals surface area (Å²) in [6.07, 6.45) is 9.55. The van der Waals surface area contributed by atoms with Crippen LogP contribution in [-0.4, -0.2) is 50.9 Å². The number of rotatable bonds is 9. The summed E-state index contributed by atoms with van der Waals surface area (Å²) < 4.78 is 13.6. The van der Waals surface area contributed by atoms with Gasteiger partial charge in [0.2, 0.25) is 5.76 Å². The molecule has 4 aromatic rings. The molecular weight excluding hydrogens is 668 g/mol. The van der Waals surface area contributed by atoms with E-state index in [1.165, 1.54) is 11.8 Å². The van der Waals surface area contributed by atoms with Crippen LogP contribution in [0.2, 0.25) is 0 Å². The van der Waals surface area contributed by atoms with E-state index in [0.29, 0.717) is 31.5 Å². The van der Waals surface area contributed by atoms with Gasteiger partial charge < -0.3 is 24.9 Å². The number of carbonyl (C=O) groups is 3. The monoisotopic (exact) mass is 716 g/mol. The Hall–Kier alpha value is -4.96. The number of aliphatic hydroxyl groups excluding tert-OH is 1. The molecule has 4 aliphatic carbocycles. The zero-order valence-electron chi connectivity index (χ0n) is 30.6. The maximum Gasteiger partial charge on any atom is 0.375 e. The Bertz CT molecular complexity index is 2050. The highest BCUT2D eigenvalue weighted by atomic mass is 16.6. The second-order valence-electron chi connectivity index (χ2n) is 16.0. The first-order valence-corrected chi connectivity index (χ1v) is 19.0. The summed E-state index contributed by atoms with van der Waals surface area (Å²) in [5.41, 5.74) is 3.31. The van der Waals surface area contributed by atoms with Crippen LogP contribution in [0, 0.1) is 28.6 Å². The Kier molecular flexibility index (Phi) is 8.92. The summed E-state index contributed by atoms with van der Waals surface area (Å²) in [7, 11) is 0. The first-order valence-electron chi connectivity index (χ1n) is 19.0. The highest BCUT2D eigenvalue weighted by Crippen LogP contribution is 2.68. The molecule has 3 N–H and O–H groups in total. The van der Waals surface area contributed by atoms with Gasteiger partial charge in [0.1, 0.15) is 0 Å². The molecule has 4 aliphatic rings. The van der Waals surface area contributed by atoms with Crippen LogP contribution >= 0.6 is 0 Å². The molecule has 7 atom stereocenters. The lowest BCUT2D eigenvalue weighted by atomic mass is 9.45. The lowest BCUT2D eigenvalue weighted by molar-refractivity contribution is -0.182. The molecule has 2 amide bonds. The molecule has 0 bridgehead atoms. The third-order valence-corrected chi connectivity index (χ3v) is 13.1. The van der Waals surface area contributed by atoms with Gasteiger partial charge in [-0.3, -0.25) is 9.59 Å². The van der Waals surface area contributed by atoms with Crippen LogP contribution < -0.4 is 10.6 Å². The van der Waals surface area contributed by atoms with E-state index in [1.54, 1.807) is 12.1 Å². The van der Waals surface area contributed by atoms with Crippen LogP contribution in [0.3, 0.4) is 0 Å². The molecule has 53 heavy (non-hydrogen) atoms. The number of carbonyl (C=O) groups excluding carboxylic acids is 3. The minimum atomic E-state index is -1.42. The number of allylic oxidation sites excluding steroid dienone is 1. The van der Waals surface area contributed by atoms with Crippen LogP contribution in [0.25, 0.3) is 11.8 Å². The smallest absolute Gasteiger partial charge is 0.375 e. The van der Waals surface area contributed by atoms with E-state index in [4.69, 9.17) is 14.3 Å². The average molecular weight is 717 g/mol. The van der Waals surface area contributed by atoms with Gasteiger partial charge in [0, 0.05) is 24.1 Å². The first-order chi connectivity index (χ1) is 25.6. The number of furan rings is 1. The van der Waals surface area contributed by atoms with Crippen molar-refractivity contribution in [1.29, 1.82) is 0 Å². The van der Waals surface area contributed by atoms with E-state index in [0.717, 1.165) is 54.6 Å². The average Bonchev–Trinajstić information content (AvgIpc) is 3.91. The quantitative estimate of drug-likeness (QED) is 0.165. The number of esters is 1. The summed E-state index contributed by atoms with van der Waals surface area (Å²) in [5, 5.41) is 23.2. The summed E-state index contributed by atoms with van der Waals surface area (Å²) in [6.45, 7) is 7.25. The Balaban J connectivity index is 1.06. The molecule has 3 saturated carbocycles. The second-order valence-corrected chi connectivity index (χ2v) is 16.0. The lowest BCUT2D eigenvalue weighted by Crippen LogP contribution is -2.64. The number of hydrogen-bond acceptors (Lipinski definition) is 7. The van der Waals surface area contributed by atoms with Crippen LogP contribution in [0.5, 0.6) is 0 Å². The number of amides is 2. The van der Waals surface area contributed by atoms with Crippen molar-refractivity contribution in [2.75, 3.05) is 6.54 Å². The van der Waals surface area contributed by atoms with Gasteiger partial charge in [0.25, 0.3) is 11.8 Å². The van der Waals surface area contributed by atoms with Crippen LogP contribution in [0.15, 0.2) is 89.2 Å². The molecule has 0 radical (unpaired) electrons. The third kappa shape index (κ3) is 5.73. The van der Waals surface area contributed by atoms with Crippen molar-refractivity contribution >= 4 is 23.9 Å². The molecule has 0 spiro atoms. The summed E-state index contributed by atoms with van der Waals surface area (Å²) >= 11 is 0. The van der Waals surface area contributed by atoms with E-state index >= 15 is 0 Å². The SMILES string of the molecule is CCCNC(=O)[C@@]1(OC(=O)c2ccco2)CCC2C3CCC4=Cc5c(cnn5-c5cccc(C(=O)NCc6ccccc6)c5)C[C@]4(C)C3C(O)C[C@@]21C. The van der Waals surface area contributed by atoms with Gasteiger partial charge in [-0.25, -0.2) is 9.48 Å². The van der Waals surface area contributed by atoms with E-state index in [2.05, 4.69) is 30.6 Å². The molecule has 276 valence electrons. The molecule has 0 aliphatic heterocycles. The predicted octanol–water partition coefficient (Wildman–Crippen LogP) is 6.67. The van der Waals surface area contributed by atoms with Gasteiger partial charge in [0.15, 0.2) is 5.60 Å². The number of aliphatic hydroxyl groups is 1. The molecular formula is C43H48N4O6. The Morgan fingerprint density at radius 2 is 1.87 bits per heavy atom. The highest BCUT2D eigenvalue weighted by Gasteiger charge is 2.71. The fraction of sp³-hybridized carbons (Fsp3) is 0.442.